The number of carboxylic acid groups (broad SMARTS) is 1. The minimum atomic E-state index is -0.844. The van der Waals surface area contributed by atoms with Gasteiger partial charge in [0.1, 0.15) is 5.01 Å². The summed E-state index contributed by atoms with van der Waals surface area (Å²) in [6.45, 7) is 7.18. The van der Waals surface area contributed by atoms with Crippen molar-refractivity contribution in [1.82, 2.24) is 19.7 Å². The summed E-state index contributed by atoms with van der Waals surface area (Å²) < 4.78 is 2.92. The van der Waals surface area contributed by atoms with E-state index in [0.29, 0.717) is 6.54 Å². The predicted octanol–water partition coefficient (Wildman–Crippen LogP) is 6.35. The molecule has 1 unspecified atom stereocenters. The van der Waals surface area contributed by atoms with Gasteiger partial charge in [0.2, 0.25) is 5.91 Å². The fourth-order valence-electron chi connectivity index (χ4n) is 5.95. The molecule has 0 aliphatic carbocycles. The van der Waals surface area contributed by atoms with Gasteiger partial charge in [-0.1, -0.05) is 31.2 Å². The maximum absolute atomic E-state index is 11.9. The van der Waals surface area contributed by atoms with Crippen molar-refractivity contribution >= 4 is 44.3 Å². The number of aryl methyl sites for hydroxylation is 3. The molecule has 0 saturated carbocycles. The largest absolute Gasteiger partial charge is 0.481 e. The number of aliphatic carboxylic acids is 1. The van der Waals surface area contributed by atoms with E-state index in [1.54, 1.807) is 18.3 Å². The van der Waals surface area contributed by atoms with Crippen LogP contribution in [0.2, 0.25) is 0 Å². The van der Waals surface area contributed by atoms with Gasteiger partial charge in [-0.15, -0.1) is 11.3 Å². The number of carbonyl (C=O) groups excluding carboxylic acids is 1. The molecule has 8 heteroatoms. The lowest BCUT2D eigenvalue weighted by Crippen LogP contribution is -2.25. The molecular weight excluding hydrogens is 520 g/mol. The lowest BCUT2D eigenvalue weighted by atomic mass is 9.92. The summed E-state index contributed by atoms with van der Waals surface area (Å²) in [6, 6.07) is 16.8. The zero-order valence-corrected chi connectivity index (χ0v) is 24.0. The van der Waals surface area contributed by atoms with Gasteiger partial charge in [-0.05, 0) is 66.3 Å². The van der Waals surface area contributed by atoms with Crippen LogP contribution >= 0.6 is 11.3 Å². The predicted molar refractivity (Wildman–Crippen MR) is 160 cm³/mol. The van der Waals surface area contributed by atoms with E-state index in [1.807, 2.05) is 29.6 Å². The Hall–Kier alpha value is -4.04. The third-order valence-corrected chi connectivity index (χ3v) is 9.27. The maximum Gasteiger partial charge on any atom is 0.307 e. The number of carboxylic acids is 1. The smallest absolute Gasteiger partial charge is 0.307 e. The van der Waals surface area contributed by atoms with E-state index in [4.69, 9.17) is 10.1 Å². The lowest BCUT2D eigenvalue weighted by Gasteiger charge is -2.13. The summed E-state index contributed by atoms with van der Waals surface area (Å²) in [4.78, 5) is 30.7. The Morgan fingerprint density at radius 2 is 1.85 bits per heavy atom. The molecule has 1 aliphatic heterocycles. The number of aromatic nitrogens is 3. The number of nitrogens with zero attached hydrogens (tertiary/aromatic N) is 4. The number of amides is 1. The zero-order chi connectivity index (χ0) is 28.1. The molecule has 2 aromatic heterocycles. The number of rotatable bonds is 6. The standard InChI is InChI=1S/C32H32N4O3S/c1-5-20-6-8-21(9-7-20)29-24(16-28(38)39)18(2)14-26-31(29)40-32(33-26)22-10-11-27-25(15-22)30(34-35(27)4)23-12-13-36(17-23)19(3)37/h6-11,14-15,23H,5,12-13,16-17H2,1-4H3,(H,38,39). The number of likely N-dealkylation sites (tertiary alicyclic amines) is 1. The average molecular weight is 553 g/mol. The fourth-order valence-corrected chi connectivity index (χ4v) is 7.08. The first kappa shape index (κ1) is 26.2. The highest BCUT2D eigenvalue weighted by atomic mass is 32.1. The molecule has 0 bridgehead atoms. The first-order valence-corrected chi connectivity index (χ1v) is 14.5. The van der Waals surface area contributed by atoms with Crippen LogP contribution < -0.4 is 0 Å². The molecule has 0 spiro atoms. The van der Waals surface area contributed by atoms with Gasteiger partial charge in [0, 0.05) is 49.5 Å². The van der Waals surface area contributed by atoms with Gasteiger partial charge in [-0.25, -0.2) is 4.98 Å². The van der Waals surface area contributed by atoms with Crippen LogP contribution in [0.4, 0.5) is 0 Å². The Morgan fingerprint density at radius 1 is 1.10 bits per heavy atom. The average Bonchev–Trinajstić information content (AvgIpc) is 3.66. The second kappa shape index (κ2) is 10.2. The van der Waals surface area contributed by atoms with Gasteiger partial charge >= 0.3 is 5.97 Å². The van der Waals surface area contributed by atoms with Gasteiger partial charge in [0.15, 0.2) is 0 Å². The van der Waals surface area contributed by atoms with E-state index in [1.165, 1.54) is 5.56 Å². The molecule has 1 fully saturated rings. The van der Waals surface area contributed by atoms with Crippen molar-refractivity contribution in [1.29, 1.82) is 0 Å². The van der Waals surface area contributed by atoms with Crippen LogP contribution in [0.15, 0.2) is 48.5 Å². The number of hydrogen-bond acceptors (Lipinski definition) is 5. The topological polar surface area (TPSA) is 88.3 Å². The first-order chi connectivity index (χ1) is 19.2. The highest BCUT2D eigenvalue weighted by Crippen LogP contribution is 2.42. The Morgan fingerprint density at radius 3 is 2.52 bits per heavy atom. The normalized spacial score (nSPS) is 15.4. The van der Waals surface area contributed by atoms with E-state index in [-0.39, 0.29) is 18.2 Å². The molecule has 1 aliphatic rings. The molecule has 1 atom stereocenters. The minimum absolute atomic E-state index is 0.0382. The van der Waals surface area contributed by atoms with Crippen LogP contribution in [-0.2, 0) is 29.5 Å². The molecule has 1 saturated heterocycles. The Bertz CT molecular complexity index is 1780. The Labute approximate surface area is 237 Å². The monoisotopic (exact) mass is 552 g/mol. The molecule has 1 N–H and O–H groups in total. The second-order valence-corrected chi connectivity index (χ2v) is 11.7. The molecule has 6 rings (SSSR count). The summed E-state index contributed by atoms with van der Waals surface area (Å²) >= 11 is 1.61. The van der Waals surface area contributed by atoms with Gasteiger partial charge in [0.25, 0.3) is 0 Å². The third kappa shape index (κ3) is 4.56. The van der Waals surface area contributed by atoms with Crippen LogP contribution in [0.25, 0.3) is 42.8 Å². The van der Waals surface area contributed by atoms with Gasteiger partial charge in [-0.3, -0.25) is 14.3 Å². The van der Waals surface area contributed by atoms with Crippen molar-refractivity contribution in [2.24, 2.45) is 7.05 Å². The molecule has 1 amide bonds. The number of benzene rings is 3. The quantitative estimate of drug-likeness (QED) is 0.265. The van der Waals surface area contributed by atoms with Crippen LogP contribution in [0.1, 0.15) is 48.6 Å². The summed E-state index contributed by atoms with van der Waals surface area (Å²) in [5, 5.41) is 16.6. The highest BCUT2D eigenvalue weighted by Gasteiger charge is 2.29. The van der Waals surface area contributed by atoms with E-state index in [2.05, 4.69) is 49.4 Å². The van der Waals surface area contributed by atoms with Crippen molar-refractivity contribution in [2.75, 3.05) is 13.1 Å². The molecule has 7 nitrogen and oxygen atoms in total. The molecular formula is C32H32N4O3S. The van der Waals surface area contributed by atoms with Crippen molar-refractivity contribution in [3.8, 4) is 21.7 Å². The van der Waals surface area contributed by atoms with Gasteiger partial charge < -0.3 is 10.0 Å². The van der Waals surface area contributed by atoms with Crippen molar-refractivity contribution in [3.63, 3.8) is 0 Å². The molecule has 3 aromatic carbocycles. The summed E-state index contributed by atoms with van der Waals surface area (Å²) in [5.74, 6) is -0.531. The number of thiazole rings is 1. The number of fused-ring (bicyclic) bond motifs is 2. The highest BCUT2D eigenvalue weighted by molar-refractivity contribution is 7.22. The SMILES string of the molecule is CCc1ccc(-c2c(CC(=O)O)c(C)cc3nc(-c4ccc5c(c4)c(C4CCN(C(C)=O)C4)nn5C)sc23)cc1. The Kier molecular flexibility index (Phi) is 6.66. The van der Waals surface area contributed by atoms with Crippen molar-refractivity contribution in [3.05, 3.63) is 70.9 Å². The van der Waals surface area contributed by atoms with Crippen LogP contribution in [-0.4, -0.2) is 49.7 Å². The fraction of sp³-hybridized carbons (Fsp3) is 0.312. The first-order valence-electron chi connectivity index (χ1n) is 13.7. The molecule has 3 heterocycles. The summed E-state index contributed by atoms with van der Waals surface area (Å²) in [6.07, 6.45) is 1.81. The Balaban J connectivity index is 1.49. The summed E-state index contributed by atoms with van der Waals surface area (Å²) in [5.41, 5.74) is 8.95. The molecule has 40 heavy (non-hydrogen) atoms. The van der Waals surface area contributed by atoms with E-state index in [9.17, 15) is 14.7 Å². The van der Waals surface area contributed by atoms with Crippen LogP contribution in [0.5, 0.6) is 0 Å². The van der Waals surface area contributed by atoms with Crippen molar-refractivity contribution < 1.29 is 14.7 Å². The second-order valence-electron chi connectivity index (χ2n) is 10.7. The van der Waals surface area contributed by atoms with Crippen LogP contribution in [0, 0.1) is 6.92 Å². The lowest BCUT2D eigenvalue weighted by molar-refractivity contribution is -0.136. The minimum Gasteiger partial charge on any atom is -0.481 e. The van der Waals surface area contributed by atoms with Gasteiger partial charge in [0.05, 0.1) is 27.8 Å². The van der Waals surface area contributed by atoms with Crippen molar-refractivity contribution in [2.45, 2.75) is 46.0 Å². The molecule has 5 aromatic rings. The third-order valence-electron chi connectivity index (χ3n) is 8.14. The van der Waals surface area contributed by atoms with Gasteiger partial charge in [-0.2, -0.15) is 5.10 Å². The van der Waals surface area contributed by atoms with E-state index >= 15 is 0 Å². The number of hydrogen-bond donors (Lipinski definition) is 1. The summed E-state index contributed by atoms with van der Waals surface area (Å²) in [7, 11) is 1.96. The van der Waals surface area contributed by atoms with Crippen LogP contribution in [0.3, 0.4) is 0 Å². The molecule has 204 valence electrons. The maximum atomic E-state index is 11.9. The molecule has 0 radical (unpaired) electrons. The number of carbonyl (C=O) groups is 2. The van der Waals surface area contributed by atoms with E-state index < -0.39 is 5.97 Å². The zero-order valence-electron chi connectivity index (χ0n) is 23.2. The van der Waals surface area contributed by atoms with E-state index in [0.717, 1.165) is 79.0 Å².